The number of thiazole rings is 1. The van der Waals surface area contributed by atoms with Crippen molar-refractivity contribution < 1.29 is 9.90 Å². The lowest BCUT2D eigenvalue weighted by atomic mass is 9.85. The number of rotatable bonds is 4. The van der Waals surface area contributed by atoms with Crippen LogP contribution in [0.3, 0.4) is 0 Å². The third-order valence-corrected chi connectivity index (χ3v) is 5.10. The Labute approximate surface area is 119 Å². The number of carbonyl (C=O) groups is 1. The Balaban J connectivity index is 1.98. The zero-order chi connectivity index (χ0) is 13.1. The molecule has 1 aliphatic heterocycles. The second-order valence-electron chi connectivity index (χ2n) is 4.88. The summed E-state index contributed by atoms with van der Waals surface area (Å²) >= 11 is 5.01. The van der Waals surface area contributed by atoms with E-state index in [1.165, 1.54) is 0 Å². The fourth-order valence-corrected chi connectivity index (χ4v) is 3.77. The molecule has 1 aliphatic rings. The molecule has 0 aromatic carbocycles. The lowest BCUT2D eigenvalue weighted by Gasteiger charge is -2.35. The van der Waals surface area contributed by atoms with Crippen molar-refractivity contribution in [2.24, 2.45) is 11.8 Å². The number of piperidine rings is 1. The van der Waals surface area contributed by atoms with Gasteiger partial charge in [0.1, 0.15) is 4.60 Å². The zero-order valence-corrected chi connectivity index (χ0v) is 12.7. The molecule has 18 heavy (non-hydrogen) atoms. The van der Waals surface area contributed by atoms with E-state index in [1.54, 1.807) is 11.3 Å². The molecule has 1 saturated heterocycles. The van der Waals surface area contributed by atoms with Crippen molar-refractivity contribution in [3.8, 4) is 0 Å². The molecule has 0 spiro atoms. The molecule has 2 rings (SSSR count). The second-order valence-corrected chi connectivity index (χ2v) is 6.53. The Morgan fingerprint density at radius 1 is 1.78 bits per heavy atom. The van der Waals surface area contributed by atoms with Gasteiger partial charge in [0, 0.05) is 24.9 Å². The van der Waals surface area contributed by atoms with E-state index in [0.29, 0.717) is 5.92 Å². The predicted octanol–water partition coefficient (Wildman–Crippen LogP) is 3.23. The number of hydrogen-bond acceptors (Lipinski definition) is 4. The van der Waals surface area contributed by atoms with Gasteiger partial charge >= 0.3 is 5.97 Å². The molecule has 100 valence electrons. The van der Waals surface area contributed by atoms with Crippen LogP contribution < -0.4 is 4.90 Å². The molecule has 0 aliphatic carbocycles. The minimum atomic E-state index is -0.698. The fraction of sp³-hybridized carbons (Fsp3) is 0.667. The van der Waals surface area contributed by atoms with Crippen LogP contribution in [0.1, 0.15) is 26.2 Å². The van der Waals surface area contributed by atoms with Crippen LogP contribution in [0, 0.1) is 11.8 Å². The topological polar surface area (TPSA) is 53.4 Å². The number of halogens is 1. The first-order valence-corrected chi connectivity index (χ1v) is 7.81. The number of carboxylic acids is 1. The first-order valence-electron chi connectivity index (χ1n) is 6.14. The van der Waals surface area contributed by atoms with E-state index >= 15 is 0 Å². The van der Waals surface area contributed by atoms with E-state index in [0.717, 1.165) is 35.7 Å². The van der Waals surface area contributed by atoms with Crippen molar-refractivity contribution in [2.75, 3.05) is 18.0 Å². The minimum absolute atomic E-state index is 0.230. The largest absolute Gasteiger partial charge is 0.481 e. The molecule has 2 atom stereocenters. The van der Waals surface area contributed by atoms with Gasteiger partial charge in [0.05, 0.1) is 0 Å². The molecule has 1 aromatic rings. The number of aromatic nitrogens is 1. The van der Waals surface area contributed by atoms with Gasteiger partial charge < -0.3 is 10.0 Å². The average molecular weight is 333 g/mol. The van der Waals surface area contributed by atoms with E-state index in [1.807, 2.05) is 12.3 Å². The quantitative estimate of drug-likeness (QED) is 0.919. The fourth-order valence-electron chi connectivity index (χ4n) is 2.48. The summed E-state index contributed by atoms with van der Waals surface area (Å²) in [6, 6.07) is 0. The number of anilines is 1. The molecule has 0 saturated carbocycles. The summed E-state index contributed by atoms with van der Waals surface area (Å²) in [7, 11) is 0. The summed E-state index contributed by atoms with van der Waals surface area (Å²) in [5, 5.41) is 11.9. The monoisotopic (exact) mass is 332 g/mol. The Morgan fingerprint density at radius 2 is 2.56 bits per heavy atom. The molecule has 4 nitrogen and oxygen atoms in total. The molecule has 0 amide bonds. The minimum Gasteiger partial charge on any atom is -0.481 e. The first kappa shape index (κ1) is 13.8. The summed E-state index contributed by atoms with van der Waals surface area (Å²) in [6.07, 6.45) is 2.50. The molecule has 1 fully saturated rings. The molecule has 1 N–H and O–H groups in total. The summed E-state index contributed by atoms with van der Waals surface area (Å²) < 4.78 is 0.878. The third kappa shape index (κ3) is 3.45. The van der Waals surface area contributed by atoms with Gasteiger partial charge in [0.15, 0.2) is 5.13 Å². The zero-order valence-electron chi connectivity index (χ0n) is 10.3. The summed E-state index contributed by atoms with van der Waals surface area (Å²) in [6.45, 7) is 3.99. The normalized spacial score (nSPS) is 21.9. The highest BCUT2D eigenvalue weighted by molar-refractivity contribution is 9.10. The molecule has 0 radical (unpaired) electrons. The maximum absolute atomic E-state index is 10.8. The van der Waals surface area contributed by atoms with Crippen LogP contribution in [0.25, 0.3) is 0 Å². The van der Waals surface area contributed by atoms with Crippen LogP contribution >= 0.6 is 27.3 Å². The van der Waals surface area contributed by atoms with Crippen LogP contribution in [0.4, 0.5) is 5.13 Å². The second kappa shape index (κ2) is 6.02. The summed E-state index contributed by atoms with van der Waals surface area (Å²) in [5.41, 5.74) is 0. The highest BCUT2D eigenvalue weighted by Gasteiger charge is 2.27. The Hall–Kier alpha value is -0.620. The Kier molecular flexibility index (Phi) is 4.61. The van der Waals surface area contributed by atoms with Gasteiger partial charge in [0.25, 0.3) is 0 Å². The van der Waals surface area contributed by atoms with Gasteiger partial charge in [-0.1, -0.05) is 6.92 Å². The van der Waals surface area contributed by atoms with E-state index in [9.17, 15) is 4.79 Å². The molecule has 2 unspecified atom stereocenters. The van der Waals surface area contributed by atoms with Crippen molar-refractivity contribution in [1.82, 2.24) is 4.98 Å². The lowest BCUT2D eigenvalue weighted by Crippen LogP contribution is -2.38. The van der Waals surface area contributed by atoms with Gasteiger partial charge in [-0.25, -0.2) is 4.98 Å². The van der Waals surface area contributed by atoms with Crippen LogP contribution in [0.5, 0.6) is 0 Å². The number of nitrogens with zero attached hydrogens (tertiary/aromatic N) is 2. The third-order valence-electron chi connectivity index (χ3n) is 3.49. The van der Waals surface area contributed by atoms with Crippen LogP contribution in [-0.2, 0) is 4.79 Å². The molecule has 0 bridgehead atoms. The molecule has 6 heteroatoms. The predicted molar refractivity (Wildman–Crippen MR) is 76.2 cm³/mol. The number of carboxylic acid groups (broad SMARTS) is 1. The lowest BCUT2D eigenvalue weighted by molar-refractivity contribution is -0.138. The average Bonchev–Trinajstić information content (AvgIpc) is 2.75. The number of hydrogen-bond donors (Lipinski definition) is 1. The van der Waals surface area contributed by atoms with Gasteiger partial charge in [0.2, 0.25) is 0 Å². The standard InChI is InChI=1S/C12H17BrN2O2S/c1-8(5-11(16)17)9-3-2-4-15(6-9)12-14-10(13)7-18-12/h7-9H,2-6H2,1H3,(H,16,17). The van der Waals surface area contributed by atoms with E-state index in [4.69, 9.17) is 5.11 Å². The van der Waals surface area contributed by atoms with Gasteiger partial charge in [-0.3, -0.25) is 4.79 Å². The molecular weight excluding hydrogens is 316 g/mol. The molecular formula is C12H17BrN2O2S. The highest BCUT2D eigenvalue weighted by Crippen LogP contribution is 2.31. The van der Waals surface area contributed by atoms with Crippen molar-refractivity contribution in [1.29, 1.82) is 0 Å². The van der Waals surface area contributed by atoms with Crippen molar-refractivity contribution in [3.63, 3.8) is 0 Å². The van der Waals surface area contributed by atoms with Crippen LogP contribution in [-0.4, -0.2) is 29.1 Å². The van der Waals surface area contributed by atoms with E-state index < -0.39 is 5.97 Å². The number of aliphatic carboxylic acids is 1. The van der Waals surface area contributed by atoms with Gasteiger partial charge in [-0.05, 0) is 40.6 Å². The van der Waals surface area contributed by atoms with Crippen molar-refractivity contribution >= 4 is 38.4 Å². The van der Waals surface area contributed by atoms with Gasteiger partial charge in [-0.2, -0.15) is 0 Å². The molecule has 1 aromatic heterocycles. The van der Waals surface area contributed by atoms with Crippen molar-refractivity contribution in [2.45, 2.75) is 26.2 Å². The maximum Gasteiger partial charge on any atom is 0.303 e. The Morgan fingerprint density at radius 3 is 3.17 bits per heavy atom. The maximum atomic E-state index is 10.8. The van der Waals surface area contributed by atoms with Crippen LogP contribution in [0.2, 0.25) is 0 Å². The SMILES string of the molecule is CC(CC(=O)O)C1CCCN(c2nc(Br)cs2)C1. The highest BCUT2D eigenvalue weighted by atomic mass is 79.9. The van der Waals surface area contributed by atoms with Crippen LogP contribution in [0.15, 0.2) is 9.98 Å². The first-order chi connectivity index (χ1) is 8.56. The Bertz CT molecular complexity index is 424. The van der Waals surface area contributed by atoms with E-state index in [2.05, 4.69) is 25.8 Å². The smallest absolute Gasteiger partial charge is 0.303 e. The molecule has 2 heterocycles. The summed E-state index contributed by atoms with van der Waals surface area (Å²) in [4.78, 5) is 17.5. The summed E-state index contributed by atoms with van der Waals surface area (Å²) in [5.74, 6) is -0.0113. The van der Waals surface area contributed by atoms with E-state index in [-0.39, 0.29) is 12.3 Å². The van der Waals surface area contributed by atoms with Crippen molar-refractivity contribution in [3.05, 3.63) is 9.98 Å². The van der Waals surface area contributed by atoms with Gasteiger partial charge in [-0.15, -0.1) is 11.3 Å².